The fourth-order valence-corrected chi connectivity index (χ4v) is 3.81. The number of aromatic carboxylic acids is 1. The number of rotatable bonds is 5. The molecule has 0 aliphatic rings. The van der Waals surface area contributed by atoms with Crippen LogP contribution < -0.4 is 10.1 Å². The van der Waals surface area contributed by atoms with Gasteiger partial charge in [0, 0.05) is 23.6 Å². The highest BCUT2D eigenvalue weighted by molar-refractivity contribution is 6.10. The van der Waals surface area contributed by atoms with Gasteiger partial charge in [-0.1, -0.05) is 36.4 Å². The third kappa shape index (κ3) is 3.55. The Morgan fingerprint density at radius 1 is 1.03 bits per heavy atom. The smallest absolute Gasteiger partial charge is 0.337 e. The maximum absolute atomic E-state index is 13.1. The Kier molecular flexibility index (Phi) is 5.36. The predicted molar refractivity (Wildman–Crippen MR) is 121 cm³/mol. The zero-order valence-corrected chi connectivity index (χ0v) is 17.4. The van der Waals surface area contributed by atoms with E-state index in [1.807, 2.05) is 48.5 Å². The molecule has 3 aromatic carbocycles. The largest absolute Gasteiger partial charge is 0.496 e. The highest BCUT2D eigenvalue weighted by Gasteiger charge is 2.20. The zero-order valence-electron chi connectivity index (χ0n) is 17.4. The predicted octanol–water partition coefficient (Wildman–Crippen LogP) is 4.68. The first kappa shape index (κ1) is 20.7. The number of hydrogen-bond acceptors (Lipinski definition) is 4. The van der Waals surface area contributed by atoms with Crippen molar-refractivity contribution in [3.8, 4) is 22.9 Å². The van der Waals surface area contributed by atoms with Crippen LogP contribution in [0.2, 0.25) is 0 Å². The number of carboxylic acids is 1. The van der Waals surface area contributed by atoms with Gasteiger partial charge in [-0.15, -0.1) is 0 Å². The topological polar surface area (TPSA) is 104 Å². The lowest BCUT2D eigenvalue weighted by molar-refractivity contribution is 0.0698. The van der Waals surface area contributed by atoms with Crippen LogP contribution in [0.4, 0.5) is 5.69 Å². The Labute approximate surface area is 184 Å². The number of para-hydroxylation sites is 2. The normalized spacial score (nSPS) is 10.5. The number of nitrogens with zero attached hydrogens (tertiary/aromatic N) is 2. The van der Waals surface area contributed by atoms with Gasteiger partial charge in [0.2, 0.25) is 0 Å². The number of nitriles is 1. The molecule has 0 atom stereocenters. The number of anilines is 1. The lowest BCUT2D eigenvalue weighted by Gasteiger charge is -2.12. The number of carbonyl (C=O) groups excluding carboxylic acids is 1. The monoisotopic (exact) mass is 425 g/mol. The summed E-state index contributed by atoms with van der Waals surface area (Å²) in [5, 5.41) is 22.0. The average Bonchev–Trinajstić information content (AvgIpc) is 3.16. The standard InChI is InChI=1S/C25H19N3O4/c1-28-21(24(29)27-20-11-10-15(14-26)12-19(20)25(30)31)13-16-6-5-8-18(23(16)28)17-7-3-4-9-22(17)32-2/h3-13H,1-2H3,(H,27,29)(H,30,31). The van der Waals surface area contributed by atoms with E-state index in [1.165, 1.54) is 18.2 Å². The molecule has 4 aromatic rings. The zero-order chi connectivity index (χ0) is 22.8. The minimum atomic E-state index is -1.23. The van der Waals surface area contributed by atoms with Gasteiger partial charge >= 0.3 is 5.97 Å². The number of ether oxygens (including phenoxy) is 1. The first-order valence-electron chi connectivity index (χ1n) is 9.75. The Hall–Kier alpha value is -4.57. The molecule has 0 radical (unpaired) electrons. The van der Waals surface area contributed by atoms with Crippen molar-refractivity contribution in [1.82, 2.24) is 4.57 Å². The van der Waals surface area contributed by atoms with E-state index < -0.39 is 11.9 Å². The van der Waals surface area contributed by atoms with Crippen molar-refractivity contribution in [3.05, 3.63) is 83.6 Å². The number of methoxy groups -OCH3 is 1. The van der Waals surface area contributed by atoms with Crippen molar-refractivity contribution in [2.75, 3.05) is 12.4 Å². The molecule has 7 heteroatoms. The molecule has 158 valence electrons. The lowest BCUT2D eigenvalue weighted by atomic mass is 10.0. The second-order valence-electron chi connectivity index (χ2n) is 7.16. The van der Waals surface area contributed by atoms with Crippen LogP contribution in [-0.4, -0.2) is 28.7 Å². The molecule has 2 N–H and O–H groups in total. The number of carbonyl (C=O) groups is 2. The molecular weight excluding hydrogens is 406 g/mol. The van der Waals surface area contributed by atoms with Crippen LogP contribution in [0.15, 0.2) is 66.7 Å². The van der Waals surface area contributed by atoms with Crippen LogP contribution in [0.3, 0.4) is 0 Å². The molecule has 7 nitrogen and oxygen atoms in total. The molecule has 4 rings (SSSR count). The van der Waals surface area contributed by atoms with Gasteiger partial charge in [0.25, 0.3) is 5.91 Å². The summed E-state index contributed by atoms with van der Waals surface area (Å²) in [6.45, 7) is 0. The van der Waals surface area contributed by atoms with E-state index in [4.69, 9.17) is 10.00 Å². The third-order valence-corrected chi connectivity index (χ3v) is 5.31. The minimum absolute atomic E-state index is 0.122. The van der Waals surface area contributed by atoms with Crippen molar-refractivity contribution < 1.29 is 19.4 Å². The van der Waals surface area contributed by atoms with E-state index in [2.05, 4.69) is 5.32 Å². The molecule has 0 aliphatic carbocycles. The second kappa shape index (κ2) is 8.28. The maximum Gasteiger partial charge on any atom is 0.337 e. The summed E-state index contributed by atoms with van der Waals surface area (Å²) >= 11 is 0. The fourth-order valence-electron chi connectivity index (χ4n) is 3.81. The highest BCUT2D eigenvalue weighted by atomic mass is 16.5. The molecule has 0 saturated carbocycles. The minimum Gasteiger partial charge on any atom is -0.496 e. The summed E-state index contributed by atoms with van der Waals surface area (Å²) in [6.07, 6.45) is 0. The number of carboxylic acid groups (broad SMARTS) is 1. The molecule has 0 bridgehead atoms. The van der Waals surface area contributed by atoms with Crippen molar-refractivity contribution in [2.45, 2.75) is 0 Å². The van der Waals surface area contributed by atoms with Gasteiger partial charge in [0.05, 0.1) is 35.5 Å². The van der Waals surface area contributed by atoms with E-state index in [-0.39, 0.29) is 16.8 Å². The SMILES string of the molecule is COc1ccccc1-c1cccc2cc(C(=O)Nc3ccc(C#N)cc3C(=O)O)n(C)c12. The molecule has 0 unspecified atom stereocenters. The number of hydrogen-bond donors (Lipinski definition) is 2. The van der Waals surface area contributed by atoms with E-state index in [1.54, 1.807) is 24.8 Å². The quantitative estimate of drug-likeness (QED) is 0.483. The maximum atomic E-state index is 13.1. The molecule has 0 saturated heterocycles. The van der Waals surface area contributed by atoms with Crippen molar-refractivity contribution in [3.63, 3.8) is 0 Å². The third-order valence-electron chi connectivity index (χ3n) is 5.31. The van der Waals surface area contributed by atoms with Crippen LogP contribution in [0.1, 0.15) is 26.4 Å². The van der Waals surface area contributed by atoms with Gasteiger partial charge < -0.3 is 19.7 Å². The Morgan fingerprint density at radius 2 is 1.78 bits per heavy atom. The van der Waals surface area contributed by atoms with E-state index in [0.717, 1.165) is 27.8 Å². The van der Waals surface area contributed by atoms with Gasteiger partial charge in [0.1, 0.15) is 11.4 Å². The van der Waals surface area contributed by atoms with Crippen molar-refractivity contribution in [2.24, 2.45) is 7.05 Å². The van der Waals surface area contributed by atoms with Crippen LogP contribution in [-0.2, 0) is 7.05 Å². The van der Waals surface area contributed by atoms with Gasteiger partial charge in [-0.3, -0.25) is 4.79 Å². The first-order chi connectivity index (χ1) is 15.4. The summed E-state index contributed by atoms with van der Waals surface area (Å²) < 4.78 is 7.28. The molecule has 1 aromatic heterocycles. The number of aryl methyl sites for hydroxylation is 1. The van der Waals surface area contributed by atoms with Crippen LogP contribution in [0.5, 0.6) is 5.75 Å². The van der Waals surface area contributed by atoms with Crippen LogP contribution in [0.25, 0.3) is 22.0 Å². The van der Waals surface area contributed by atoms with Crippen LogP contribution >= 0.6 is 0 Å². The van der Waals surface area contributed by atoms with Gasteiger partial charge in [-0.25, -0.2) is 4.79 Å². The van der Waals surface area contributed by atoms with Gasteiger partial charge in [0.15, 0.2) is 0 Å². The van der Waals surface area contributed by atoms with Gasteiger partial charge in [-0.2, -0.15) is 5.26 Å². The lowest BCUT2D eigenvalue weighted by Crippen LogP contribution is -2.17. The summed E-state index contributed by atoms with van der Waals surface area (Å²) in [5.74, 6) is -0.967. The summed E-state index contributed by atoms with van der Waals surface area (Å²) in [5.41, 5.74) is 3.19. The van der Waals surface area contributed by atoms with Gasteiger partial charge in [-0.05, 0) is 30.3 Å². The van der Waals surface area contributed by atoms with E-state index >= 15 is 0 Å². The number of benzene rings is 3. The molecule has 32 heavy (non-hydrogen) atoms. The fraction of sp³-hybridized carbons (Fsp3) is 0.0800. The van der Waals surface area contributed by atoms with Crippen LogP contribution in [0, 0.1) is 11.3 Å². The van der Waals surface area contributed by atoms with E-state index in [9.17, 15) is 14.7 Å². The molecule has 0 spiro atoms. The Morgan fingerprint density at radius 3 is 2.50 bits per heavy atom. The number of aromatic nitrogens is 1. The first-order valence-corrected chi connectivity index (χ1v) is 9.75. The Balaban J connectivity index is 1.79. The number of amides is 1. The highest BCUT2D eigenvalue weighted by Crippen LogP contribution is 2.36. The van der Waals surface area contributed by atoms with Crippen molar-refractivity contribution in [1.29, 1.82) is 5.26 Å². The molecular formula is C25H19N3O4. The summed E-state index contributed by atoms with van der Waals surface area (Å²) in [4.78, 5) is 24.7. The summed E-state index contributed by atoms with van der Waals surface area (Å²) in [6, 6.07) is 21.2. The van der Waals surface area contributed by atoms with E-state index in [0.29, 0.717) is 5.69 Å². The summed E-state index contributed by atoms with van der Waals surface area (Å²) in [7, 11) is 3.40. The van der Waals surface area contributed by atoms with Crippen molar-refractivity contribution >= 4 is 28.5 Å². The molecule has 1 heterocycles. The average molecular weight is 425 g/mol. The molecule has 0 aliphatic heterocycles. The second-order valence-corrected chi connectivity index (χ2v) is 7.16. The number of fused-ring (bicyclic) bond motifs is 1. The Bertz CT molecular complexity index is 1410. The molecule has 0 fully saturated rings. The number of nitrogens with one attached hydrogen (secondary N) is 1. The molecule has 1 amide bonds.